The van der Waals surface area contributed by atoms with Crippen LogP contribution in [-0.2, 0) is 4.79 Å². The summed E-state index contributed by atoms with van der Waals surface area (Å²) in [4.78, 5) is 31.0. The summed E-state index contributed by atoms with van der Waals surface area (Å²) in [5, 5.41) is 7.62. The molecule has 1 fully saturated rings. The minimum absolute atomic E-state index is 0.0392. The number of nitrogens with zero attached hydrogens (tertiary/aromatic N) is 3. The molecule has 140 valence electrons. The molecule has 1 aliphatic rings. The second kappa shape index (κ2) is 7.82. The zero-order valence-electron chi connectivity index (χ0n) is 15.2. The quantitative estimate of drug-likeness (QED) is 0.831. The Balaban J connectivity index is 1.77. The van der Waals surface area contributed by atoms with E-state index in [-0.39, 0.29) is 23.7 Å². The molecule has 0 aromatic carbocycles. The van der Waals surface area contributed by atoms with Crippen molar-refractivity contribution in [2.45, 2.75) is 32.6 Å². The number of nitrogens with one attached hydrogen (secondary N) is 1. The van der Waals surface area contributed by atoms with Gasteiger partial charge in [-0.2, -0.15) is 0 Å². The van der Waals surface area contributed by atoms with Crippen molar-refractivity contribution in [1.82, 2.24) is 20.4 Å². The van der Waals surface area contributed by atoms with Crippen molar-refractivity contribution >= 4 is 22.9 Å². The van der Waals surface area contributed by atoms with Crippen LogP contribution >= 0.6 is 0 Å². The molecule has 2 aromatic heterocycles. The van der Waals surface area contributed by atoms with Crippen molar-refractivity contribution in [2.75, 3.05) is 26.2 Å². The minimum atomic E-state index is -0.197. The molecular formula is C18H25N5O3. The van der Waals surface area contributed by atoms with E-state index in [9.17, 15) is 9.59 Å². The van der Waals surface area contributed by atoms with Crippen LogP contribution in [0.5, 0.6) is 0 Å². The van der Waals surface area contributed by atoms with Gasteiger partial charge in [-0.05, 0) is 24.8 Å². The lowest BCUT2D eigenvalue weighted by molar-refractivity contribution is -0.126. The summed E-state index contributed by atoms with van der Waals surface area (Å²) >= 11 is 0. The molecule has 0 saturated carbocycles. The summed E-state index contributed by atoms with van der Waals surface area (Å²) in [6.45, 7) is 5.94. The number of nitrogens with two attached hydrogens (primary N) is 1. The highest BCUT2D eigenvalue weighted by molar-refractivity contribution is 5.97. The molecule has 0 spiro atoms. The van der Waals surface area contributed by atoms with Crippen molar-refractivity contribution in [3.05, 3.63) is 23.5 Å². The summed E-state index contributed by atoms with van der Waals surface area (Å²) in [5.74, 6) is -0.180. The van der Waals surface area contributed by atoms with Crippen molar-refractivity contribution < 1.29 is 14.1 Å². The molecule has 2 aromatic rings. The third-order valence-corrected chi connectivity index (χ3v) is 4.67. The summed E-state index contributed by atoms with van der Waals surface area (Å²) in [6, 6.07) is 1.79. The maximum absolute atomic E-state index is 12.9. The third-order valence-electron chi connectivity index (χ3n) is 4.67. The predicted octanol–water partition coefficient (Wildman–Crippen LogP) is 1.27. The maximum Gasteiger partial charge on any atom is 0.257 e. The number of likely N-dealkylation sites (tertiary alicyclic amines) is 1. The van der Waals surface area contributed by atoms with Crippen LogP contribution in [0.15, 0.2) is 16.8 Å². The zero-order valence-corrected chi connectivity index (χ0v) is 15.2. The largest absolute Gasteiger partial charge is 0.355 e. The fourth-order valence-electron chi connectivity index (χ4n) is 3.28. The van der Waals surface area contributed by atoms with Crippen LogP contribution in [0.3, 0.4) is 0 Å². The summed E-state index contributed by atoms with van der Waals surface area (Å²) < 4.78 is 5.23. The monoisotopic (exact) mass is 359 g/mol. The molecule has 1 unspecified atom stereocenters. The van der Waals surface area contributed by atoms with Crippen molar-refractivity contribution in [1.29, 1.82) is 0 Å². The molecule has 1 saturated heterocycles. The average Bonchev–Trinajstić information content (AvgIpc) is 3.09. The number of aromatic nitrogens is 2. The molecular weight excluding hydrogens is 334 g/mol. The number of piperidine rings is 1. The van der Waals surface area contributed by atoms with Crippen LogP contribution in [0.4, 0.5) is 0 Å². The highest BCUT2D eigenvalue weighted by Crippen LogP contribution is 2.25. The fraction of sp³-hybridized carbons (Fsp3) is 0.556. The molecule has 3 N–H and O–H groups in total. The first-order valence-corrected chi connectivity index (χ1v) is 9.03. The summed E-state index contributed by atoms with van der Waals surface area (Å²) in [5.41, 5.74) is 7.14. The summed E-state index contributed by atoms with van der Waals surface area (Å²) in [7, 11) is 0. The lowest BCUT2D eigenvalue weighted by Gasteiger charge is -2.32. The van der Waals surface area contributed by atoms with E-state index >= 15 is 0 Å². The number of fused-ring (bicyclic) bond motifs is 1. The number of carbonyl (C=O) groups is 2. The smallest absolute Gasteiger partial charge is 0.257 e. The molecule has 1 atom stereocenters. The van der Waals surface area contributed by atoms with Gasteiger partial charge in [0.05, 0.1) is 22.6 Å². The van der Waals surface area contributed by atoms with Crippen LogP contribution in [0.25, 0.3) is 11.1 Å². The topological polar surface area (TPSA) is 114 Å². The number of carbonyl (C=O) groups excluding carboxylic acids is 2. The van der Waals surface area contributed by atoms with E-state index in [1.807, 2.05) is 13.8 Å². The summed E-state index contributed by atoms with van der Waals surface area (Å²) in [6.07, 6.45) is 3.09. The van der Waals surface area contributed by atoms with Crippen LogP contribution in [-0.4, -0.2) is 53.0 Å². The van der Waals surface area contributed by atoms with E-state index in [2.05, 4.69) is 15.5 Å². The molecule has 3 heterocycles. The maximum atomic E-state index is 12.9. The minimum Gasteiger partial charge on any atom is -0.355 e. The second-order valence-electron chi connectivity index (χ2n) is 6.97. The van der Waals surface area contributed by atoms with Crippen LogP contribution < -0.4 is 11.1 Å². The standard InChI is InChI=1S/C18H25N5O3/c1-11(2)15-14-8-13(9-21-17(14)26-22-15)18(25)23-7-3-4-12(10-23)16(24)20-6-5-19/h8-9,11-12H,3-7,10,19H2,1-2H3,(H,20,24). The van der Waals surface area contributed by atoms with Crippen LogP contribution in [0, 0.1) is 5.92 Å². The van der Waals surface area contributed by atoms with E-state index in [1.54, 1.807) is 11.0 Å². The van der Waals surface area contributed by atoms with E-state index in [1.165, 1.54) is 6.20 Å². The van der Waals surface area contributed by atoms with Gasteiger partial charge >= 0.3 is 0 Å². The first-order valence-electron chi connectivity index (χ1n) is 9.03. The normalized spacial score (nSPS) is 17.7. The molecule has 0 aliphatic carbocycles. The van der Waals surface area contributed by atoms with Crippen LogP contribution in [0.1, 0.15) is 48.7 Å². The second-order valence-corrected chi connectivity index (χ2v) is 6.97. The lowest BCUT2D eigenvalue weighted by Crippen LogP contribution is -2.46. The Labute approximate surface area is 152 Å². The van der Waals surface area contributed by atoms with Gasteiger partial charge in [0.2, 0.25) is 5.91 Å². The van der Waals surface area contributed by atoms with Gasteiger partial charge in [-0.25, -0.2) is 4.98 Å². The molecule has 2 amide bonds. The highest BCUT2D eigenvalue weighted by atomic mass is 16.5. The zero-order chi connectivity index (χ0) is 18.7. The van der Waals surface area contributed by atoms with Gasteiger partial charge in [-0.3, -0.25) is 9.59 Å². The Kier molecular flexibility index (Phi) is 5.51. The first-order chi connectivity index (χ1) is 12.5. The van der Waals surface area contributed by atoms with E-state index in [4.69, 9.17) is 10.3 Å². The molecule has 0 bridgehead atoms. The van der Waals surface area contributed by atoms with E-state index in [0.717, 1.165) is 23.9 Å². The molecule has 1 aliphatic heterocycles. The number of rotatable bonds is 5. The van der Waals surface area contributed by atoms with Crippen molar-refractivity contribution in [2.24, 2.45) is 11.7 Å². The van der Waals surface area contributed by atoms with Gasteiger partial charge in [0.15, 0.2) is 0 Å². The molecule has 0 radical (unpaired) electrons. The predicted molar refractivity (Wildman–Crippen MR) is 96.6 cm³/mol. The third kappa shape index (κ3) is 3.70. The van der Waals surface area contributed by atoms with E-state index in [0.29, 0.717) is 37.5 Å². The van der Waals surface area contributed by atoms with Gasteiger partial charge in [0.25, 0.3) is 11.6 Å². The number of hydrogen-bond donors (Lipinski definition) is 2. The lowest BCUT2D eigenvalue weighted by atomic mass is 9.96. The van der Waals surface area contributed by atoms with Crippen LogP contribution in [0.2, 0.25) is 0 Å². The van der Waals surface area contributed by atoms with E-state index < -0.39 is 0 Å². The van der Waals surface area contributed by atoms with Gasteiger partial charge in [-0.1, -0.05) is 19.0 Å². The highest BCUT2D eigenvalue weighted by Gasteiger charge is 2.29. The van der Waals surface area contributed by atoms with Crippen molar-refractivity contribution in [3.63, 3.8) is 0 Å². The van der Waals surface area contributed by atoms with Gasteiger partial charge in [0, 0.05) is 32.4 Å². The number of hydrogen-bond acceptors (Lipinski definition) is 6. The molecule has 26 heavy (non-hydrogen) atoms. The Bertz CT molecular complexity index is 801. The molecule has 8 heteroatoms. The Hall–Kier alpha value is -2.48. The van der Waals surface area contributed by atoms with Gasteiger partial charge in [0.1, 0.15) is 0 Å². The Morgan fingerprint density at radius 2 is 2.27 bits per heavy atom. The number of pyridine rings is 1. The SMILES string of the molecule is CC(C)c1noc2ncc(C(=O)N3CCCC(C(=O)NCCN)C3)cc12. The first kappa shape index (κ1) is 18.3. The fourth-order valence-corrected chi connectivity index (χ4v) is 3.28. The van der Waals surface area contributed by atoms with Gasteiger partial charge < -0.3 is 20.5 Å². The Morgan fingerprint density at radius 1 is 1.46 bits per heavy atom. The average molecular weight is 359 g/mol. The Morgan fingerprint density at radius 3 is 3.00 bits per heavy atom. The van der Waals surface area contributed by atoms with Gasteiger partial charge in [-0.15, -0.1) is 0 Å². The molecule has 8 nitrogen and oxygen atoms in total. The number of amides is 2. The van der Waals surface area contributed by atoms with Crippen molar-refractivity contribution in [3.8, 4) is 0 Å². The molecule has 3 rings (SSSR count).